The molecule has 0 aliphatic heterocycles. The van der Waals surface area contributed by atoms with Crippen LogP contribution in [0, 0.1) is 0 Å². The van der Waals surface area contributed by atoms with Crippen molar-refractivity contribution in [3.63, 3.8) is 0 Å². The summed E-state index contributed by atoms with van der Waals surface area (Å²) in [6.45, 7) is 0. The predicted octanol–water partition coefficient (Wildman–Crippen LogP) is 3.48. The molecule has 10 heavy (non-hydrogen) atoms. The van der Waals surface area contributed by atoms with Gasteiger partial charge in [-0.15, -0.1) is 0 Å². The van der Waals surface area contributed by atoms with Gasteiger partial charge in [0.2, 0.25) is 0 Å². The van der Waals surface area contributed by atoms with Gasteiger partial charge in [-0.1, -0.05) is 0 Å². The standard InChI is InChI=1S/C6H2Br2SSe/c7-5-3-1-2-10-4(3)6(8)9-5/h1-2H. The molecular weight excluding hydrogens is 343 g/mol. The normalized spacial score (nSPS) is 11.0. The fraction of sp³-hybridized carbons (Fsp3) is 0. The van der Waals surface area contributed by atoms with Crippen LogP contribution in [-0.4, -0.2) is 14.5 Å². The minimum atomic E-state index is 0.566. The number of rotatable bonds is 0. The molecular formula is C6H2Br2SSe. The van der Waals surface area contributed by atoms with Gasteiger partial charge >= 0.3 is 85.9 Å². The van der Waals surface area contributed by atoms with Crippen LogP contribution < -0.4 is 0 Å². The van der Waals surface area contributed by atoms with Crippen LogP contribution >= 0.6 is 43.2 Å². The third kappa shape index (κ3) is 1.06. The molecule has 4 heteroatoms. The van der Waals surface area contributed by atoms with Crippen molar-refractivity contribution in [1.29, 1.82) is 0 Å². The maximum absolute atomic E-state index is 3.53. The van der Waals surface area contributed by atoms with Crippen LogP contribution in [-0.2, 0) is 0 Å². The molecule has 2 heterocycles. The fourth-order valence-corrected chi connectivity index (χ4v) is 6.57. The summed E-state index contributed by atoms with van der Waals surface area (Å²) in [6, 6.07) is 2.20. The molecule has 0 aliphatic rings. The Labute approximate surface area is 85.2 Å². The van der Waals surface area contributed by atoms with Gasteiger partial charge in [-0.2, -0.15) is 0 Å². The first kappa shape index (κ1) is 7.56. The first-order valence-electron chi connectivity index (χ1n) is 2.60. The molecule has 0 aliphatic carbocycles. The molecule has 0 amide bonds. The summed E-state index contributed by atoms with van der Waals surface area (Å²) in [4.78, 5) is 2.25. The molecule has 0 bridgehead atoms. The number of fused-ring (bicyclic) bond motifs is 1. The van der Waals surface area contributed by atoms with Crippen LogP contribution in [0.1, 0.15) is 0 Å². The average Bonchev–Trinajstić information content (AvgIpc) is 2.39. The number of thiophene rings is 1. The van der Waals surface area contributed by atoms with E-state index < -0.39 is 0 Å². The average molecular weight is 345 g/mol. The van der Waals surface area contributed by atoms with Crippen molar-refractivity contribution < 1.29 is 0 Å². The van der Waals surface area contributed by atoms with E-state index in [0.29, 0.717) is 14.5 Å². The van der Waals surface area contributed by atoms with Crippen LogP contribution in [0.2, 0.25) is 0 Å². The van der Waals surface area contributed by atoms with Crippen molar-refractivity contribution >= 4 is 67.3 Å². The molecule has 0 spiro atoms. The minimum absolute atomic E-state index is 0.566. The van der Waals surface area contributed by atoms with Crippen LogP contribution in [0.3, 0.4) is 0 Å². The Bertz CT molecular complexity index is 331. The van der Waals surface area contributed by atoms with Crippen molar-refractivity contribution in [2.24, 2.45) is 0 Å². The molecule has 0 atom stereocenters. The molecule has 2 rings (SSSR count). The summed E-state index contributed by atoms with van der Waals surface area (Å²) < 4.78 is 4.04. The Hall–Kier alpha value is 0.919. The number of hydrogen-bond acceptors (Lipinski definition) is 1. The second-order valence-corrected chi connectivity index (χ2v) is 7.39. The van der Waals surface area contributed by atoms with Gasteiger partial charge in [-0.3, -0.25) is 0 Å². The van der Waals surface area contributed by atoms with Gasteiger partial charge in [0.25, 0.3) is 0 Å². The van der Waals surface area contributed by atoms with E-state index in [2.05, 4.69) is 42.9 Å². The third-order valence-corrected chi connectivity index (χ3v) is 6.65. The zero-order chi connectivity index (χ0) is 7.14. The van der Waals surface area contributed by atoms with Crippen molar-refractivity contribution in [3.8, 4) is 0 Å². The second-order valence-electron chi connectivity index (χ2n) is 1.81. The molecule has 0 nitrogen and oxygen atoms in total. The van der Waals surface area contributed by atoms with Gasteiger partial charge in [0, 0.05) is 0 Å². The van der Waals surface area contributed by atoms with Crippen LogP contribution in [0.5, 0.6) is 0 Å². The second kappa shape index (κ2) is 2.76. The Morgan fingerprint density at radius 1 is 1.30 bits per heavy atom. The van der Waals surface area contributed by atoms with Gasteiger partial charge in [-0.05, 0) is 0 Å². The first-order chi connectivity index (χ1) is 4.79. The molecule has 0 aromatic carbocycles. The first-order valence-corrected chi connectivity index (χ1v) is 6.85. The van der Waals surface area contributed by atoms with Crippen LogP contribution in [0.4, 0.5) is 0 Å². The van der Waals surface area contributed by atoms with Crippen molar-refractivity contribution in [3.05, 3.63) is 18.6 Å². The van der Waals surface area contributed by atoms with E-state index in [1.165, 1.54) is 17.2 Å². The van der Waals surface area contributed by atoms with Gasteiger partial charge in [-0.25, -0.2) is 0 Å². The Morgan fingerprint density at radius 2 is 2.10 bits per heavy atom. The van der Waals surface area contributed by atoms with Gasteiger partial charge < -0.3 is 0 Å². The van der Waals surface area contributed by atoms with Gasteiger partial charge in [0.05, 0.1) is 0 Å². The molecule has 2 aromatic heterocycles. The van der Waals surface area contributed by atoms with E-state index in [4.69, 9.17) is 0 Å². The predicted molar refractivity (Wildman–Crippen MR) is 54.2 cm³/mol. The molecule has 0 fully saturated rings. The van der Waals surface area contributed by atoms with E-state index in [-0.39, 0.29) is 0 Å². The quantitative estimate of drug-likeness (QED) is 0.642. The molecule has 0 N–H and O–H groups in total. The summed E-state index contributed by atoms with van der Waals surface area (Å²) in [5.74, 6) is 0. The van der Waals surface area contributed by atoms with E-state index in [1.807, 2.05) is 0 Å². The summed E-state index contributed by atoms with van der Waals surface area (Å²) in [6.07, 6.45) is 0. The van der Waals surface area contributed by atoms with Crippen molar-refractivity contribution in [1.82, 2.24) is 0 Å². The Kier molecular flexibility index (Phi) is 2.08. The maximum atomic E-state index is 3.53. The van der Waals surface area contributed by atoms with E-state index in [9.17, 15) is 0 Å². The summed E-state index contributed by atoms with van der Waals surface area (Å²) >= 11 is 9.38. The van der Waals surface area contributed by atoms with Crippen molar-refractivity contribution in [2.75, 3.05) is 0 Å². The Morgan fingerprint density at radius 3 is 2.80 bits per heavy atom. The number of hydrogen-bond donors (Lipinski definition) is 0. The van der Waals surface area contributed by atoms with E-state index >= 15 is 0 Å². The summed E-state index contributed by atoms with van der Waals surface area (Å²) in [7, 11) is 0. The van der Waals surface area contributed by atoms with Crippen LogP contribution in [0.25, 0.3) is 9.65 Å². The topological polar surface area (TPSA) is 0 Å². The monoisotopic (exact) mass is 344 g/mol. The number of halogens is 2. The molecule has 0 radical (unpaired) electrons. The zero-order valence-electron chi connectivity index (χ0n) is 4.73. The van der Waals surface area contributed by atoms with Crippen LogP contribution in [0.15, 0.2) is 18.6 Å². The molecule has 2 aromatic rings. The molecule has 0 unspecified atom stereocenters. The molecule has 52 valence electrons. The van der Waals surface area contributed by atoms with Gasteiger partial charge in [0.15, 0.2) is 0 Å². The molecule has 0 saturated carbocycles. The zero-order valence-corrected chi connectivity index (χ0v) is 10.4. The Balaban J connectivity index is 2.98. The molecule has 0 saturated heterocycles. The third-order valence-electron chi connectivity index (χ3n) is 1.23. The summed E-state index contributed by atoms with van der Waals surface area (Å²) in [5.41, 5.74) is 0. The van der Waals surface area contributed by atoms with E-state index in [1.54, 1.807) is 11.3 Å². The van der Waals surface area contributed by atoms with Gasteiger partial charge in [0.1, 0.15) is 0 Å². The SMILES string of the molecule is Brc1sc(Br)c2[se]ccc12. The van der Waals surface area contributed by atoms with Crippen molar-refractivity contribution in [2.45, 2.75) is 0 Å². The fourth-order valence-electron chi connectivity index (χ4n) is 0.796. The summed E-state index contributed by atoms with van der Waals surface area (Å²) in [5, 5.41) is 1.39. The van der Waals surface area contributed by atoms with E-state index in [0.717, 1.165) is 0 Å².